The highest BCUT2D eigenvalue weighted by atomic mass is 15.2. The first-order chi connectivity index (χ1) is 10.6. The number of allylic oxidation sites excluding steroid dienone is 5. The second-order valence-electron chi connectivity index (χ2n) is 6.90. The fraction of sp³-hybridized carbons (Fsp3) is 0.600. The van der Waals surface area contributed by atoms with Crippen LogP contribution in [-0.2, 0) is 0 Å². The lowest BCUT2D eigenvalue weighted by Gasteiger charge is -2.29. The number of nitrogens with one attached hydrogen (secondary N) is 1. The maximum Gasteiger partial charge on any atom is 0.0489 e. The van der Waals surface area contributed by atoms with E-state index in [1.165, 1.54) is 17.6 Å². The van der Waals surface area contributed by atoms with Crippen molar-refractivity contribution in [2.75, 3.05) is 19.8 Å². The molecule has 2 heteroatoms. The van der Waals surface area contributed by atoms with Crippen LogP contribution in [0.1, 0.15) is 40.5 Å². The van der Waals surface area contributed by atoms with Gasteiger partial charge in [0.15, 0.2) is 0 Å². The van der Waals surface area contributed by atoms with Crippen LogP contribution in [0.3, 0.4) is 0 Å². The van der Waals surface area contributed by atoms with E-state index in [4.69, 9.17) is 0 Å². The zero-order chi connectivity index (χ0) is 15.9. The summed E-state index contributed by atoms with van der Waals surface area (Å²) in [5.74, 6) is 1.21. The van der Waals surface area contributed by atoms with Gasteiger partial charge in [-0.2, -0.15) is 0 Å². The fourth-order valence-electron chi connectivity index (χ4n) is 3.41. The van der Waals surface area contributed by atoms with E-state index >= 15 is 0 Å². The first-order valence-corrected chi connectivity index (χ1v) is 8.73. The topological polar surface area (TPSA) is 15.3 Å². The Labute approximate surface area is 136 Å². The van der Waals surface area contributed by atoms with Gasteiger partial charge >= 0.3 is 0 Å². The Kier molecular flexibility index (Phi) is 6.66. The van der Waals surface area contributed by atoms with Crippen LogP contribution in [0.5, 0.6) is 0 Å². The minimum absolute atomic E-state index is 0.547. The third-order valence-corrected chi connectivity index (χ3v) is 4.51. The van der Waals surface area contributed by atoms with E-state index in [2.05, 4.69) is 74.4 Å². The van der Waals surface area contributed by atoms with Crippen LogP contribution in [0.15, 0.2) is 47.6 Å². The van der Waals surface area contributed by atoms with Gasteiger partial charge in [-0.25, -0.2) is 0 Å². The lowest BCUT2D eigenvalue weighted by Crippen LogP contribution is -2.39. The van der Waals surface area contributed by atoms with Crippen LogP contribution in [-0.4, -0.2) is 30.7 Å². The highest BCUT2D eigenvalue weighted by Crippen LogP contribution is 2.22. The number of rotatable bonds is 4. The minimum Gasteiger partial charge on any atom is -0.304 e. The molecule has 0 aromatic carbocycles. The second kappa shape index (κ2) is 8.50. The molecular formula is C20H32N2. The Balaban J connectivity index is 2.08. The number of hydrogen-bond acceptors (Lipinski definition) is 2. The van der Waals surface area contributed by atoms with Crippen molar-refractivity contribution in [2.45, 2.75) is 46.6 Å². The smallest absolute Gasteiger partial charge is 0.0489 e. The van der Waals surface area contributed by atoms with E-state index < -0.39 is 0 Å². The van der Waals surface area contributed by atoms with Gasteiger partial charge in [0, 0.05) is 25.8 Å². The lowest BCUT2D eigenvalue weighted by atomic mass is 9.93. The van der Waals surface area contributed by atoms with Crippen molar-refractivity contribution in [1.82, 2.24) is 10.2 Å². The molecule has 1 aliphatic heterocycles. The van der Waals surface area contributed by atoms with Gasteiger partial charge in [0.05, 0.1) is 0 Å². The fourth-order valence-corrected chi connectivity index (χ4v) is 3.41. The molecule has 2 rings (SSSR count). The molecule has 1 aliphatic carbocycles. The normalized spacial score (nSPS) is 32.3. The van der Waals surface area contributed by atoms with Crippen LogP contribution >= 0.6 is 0 Å². The van der Waals surface area contributed by atoms with Crippen LogP contribution in [0.25, 0.3) is 0 Å². The molecule has 3 unspecified atom stereocenters. The molecule has 2 nitrogen and oxygen atoms in total. The van der Waals surface area contributed by atoms with Crippen molar-refractivity contribution in [3.63, 3.8) is 0 Å². The predicted molar refractivity (Wildman–Crippen MR) is 96.7 cm³/mol. The molecule has 2 bridgehead atoms. The van der Waals surface area contributed by atoms with Gasteiger partial charge in [0.1, 0.15) is 0 Å². The molecule has 1 heterocycles. The summed E-state index contributed by atoms with van der Waals surface area (Å²) in [5.41, 5.74) is 2.83. The first-order valence-electron chi connectivity index (χ1n) is 8.73. The van der Waals surface area contributed by atoms with E-state index in [9.17, 15) is 0 Å². The summed E-state index contributed by atoms with van der Waals surface area (Å²) in [6.45, 7) is 12.0. The van der Waals surface area contributed by atoms with Crippen molar-refractivity contribution in [2.24, 2.45) is 11.8 Å². The van der Waals surface area contributed by atoms with Gasteiger partial charge in [-0.05, 0) is 38.5 Å². The van der Waals surface area contributed by atoms with E-state index in [0.29, 0.717) is 17.9 Å². The van der Waals surface area contributed by atoms with Crippen molar-refractivity contribution in [3.05, 3.63) is 47.6 Å². The molecule has 3 atom stereocenters. The van der Waals surface area contributed by atoms with Crippen LogP contribution < -0.4 is 5.32 Å². The summed E-state index contributed by atoms with van der Waals surface area (Å²) in [4.78, 5) is 2.58. The van der Waals surface area contributed by atoms with E-state index in [0.717, 1.165) is 26.2 Å². The summed E-state index contributed by atoms with van der Waals surface area (Å²) in [7, 11) is 0. The molecule has 1 fully saturated rings. The molecule has 0 amide bonds. The largest absolute Gasteiger partial charge is 0.304 e. The van der Waals surface area contributed by atoms with Gasteiger partial charge < -0.3 is 5.32 Å². The monoisotopic (exact) mass is 300 g/mol. The van der Waals surface area contributed by atoms with Crippen molar-refractivity contribution in [3.8, 4) is 0 Å². The van der Waals surface area contributed by atoms with Crippen LogP contribution in [0, 0.1) is 11.8 Å². The maximum atomic E-state index is 3.62. The molecule has 0 radical (unpaired) electrons. The third kappa shape index (κ3) is 5.26. The van der Waals surface area contributed by atoms with E-state index in [1.807, 2.05) is 0 Å². The van der Waals surface area contributed by atoms with Gasteiger partial charge in [-0.3, -0.25) is 4.90 Å². The predicted octanol–water partition coefficient (Wildman–Crippen LogP) is 4.29. The molecule has 0 aromatic heterocycles. The van der Waals surface area contributed by atoms with Crippen molar-refractivity contribution >= 4 is 0 Å². The minimum atomic E-state index is 0.547. The molecule has 1 saturated heterocycles. The molecular weight excluding hydrogens is 268 g/mol. The third-order valence-electron chi connectivity index (χ3n) is 4.51. The zero-order valence-corrected chi connectivity index (χ0v) is 14.7. The SMILES string of the molecule is CC/C=C(C)\C=C(/C)CN1CNCC2C=CC(C)/C=C\C1C2. The van der Waals surface area contributed by atoms with Crippen molar-refractivity contribution < 1.29 is 0 Å². The molecule has 122 valence electrons. The van der Waals surface area contributed by atoms with Crippen molar-refractivity contribution in [1.29, 1.82) is 0 Å². The summed E-state index contributed by atoms with van der Waals surface area (Å²) >= 11 is 0. The highest BCUT2D eigenvalue weighted by Gasteiger charge is 2.24. The molecule has 1 N–H and O–H groups in total. The summed E-state index contributed by atoms with van der Waals surface area (Å²) in [6.07, 6.45) is 16.5. The lowest BCUT2D eigenvalue weighted by molar-refractivity contribution is 0.239. The number of nitrogens with zero attached hydrogens (tertiary/aromatic N) is 1. The first kappa shape index (κ1) is 17.2. The summed E-state index contributed by atoms with van der Waals surface area (Å²) in [6, 6.07) is 0.547. The van der Waals surface area contributed by atoms with Crippen LogP contribution in [0.2, 0.25) is 0 Å². The van der Waals surface area contributed by atoms with E-state index in [1.54, 1.807) is 0 Å². The van der Waals surface area contributed by atoms with Gasteiger partial charge in [0.2, 0.25) is 0 Å². The van der Waals surface area contributed by atoms with Gasteiger partial charge in [-0.1, -0.05) is 61.4 Å². The molecule has 2 aliphatic rings. The Morgan fingerprint density at radius 3 is 2.77 bits per heavy atom. The Hall–Kier alpha value is -1.12. The molecule has 22 heavy (non-hydrogen) atoms. The summed E-state index contributed by atoms with van der Waals surface area (Å²) in [5, 5.41) is 3.62. The Morgan fingerprint density at radius 1 is 1.23 bits per heavy atom. The number of hydrogen-bond donors (Lipinski definition) is 1. The zero-order valence-electron chi connectivity index (χ0n) is 14.7. The standard InChI is InChI=1S/C20H32N2/c1-5-6-17(3)11-18(4)14-22-15-21-13-19-9-7-16(2)8-10-20(22)12-19/h6-11,16,19-21H,5,12-15H2,1-4H3/b9-7?,10-8-,17-6-,18-11+. The average Bonchev–Trinajstić information content (AvgIpc) is 2.64. The number of fused-ring (bicyclic) bond motifs is 2. The molecule has 0 spiro atoms. The second-order valence-corrected chi connectivity index (χ2v) is 6.90. The molecule has 0 saturated carbocycles. The summed E-state index contributed by atoms with van der Waals surface area (Å²) < 4.78 is 0. The molecule has 0 aromatic rings. The van der Waals surface area contributed by atoms with Gasteiger partial charge in [0.25, 0.3) is 0 Å². The van der Waals surface area contributed by atoms with Gasteiger partial charge in [-0.15, -0.1) is 0 Å². The average molecular weight is 300 g/mol. The van der Waals surface area contributed by atoms with Crippen LogP contribution in [0.4, 0.5) is 0 Å². The highest BCUT2D eigenvalue weighted by molar-refractivity contribution is 5.22. The Bertz CT molecular complexity index is 470. The Morgan fingerprint density at radius 2 is 2.00 bits per heavy atom. The maximum absolute atomic E-state index is 3.62. The van der Waals surface area contributed by atoms with E-state index in [-0.39, 0.29) is 0 Å². The quantitative estimate of drug-likeness (QED) is 0.615.